The smallest absolute Gasteiger partial charge is 0.303 e. The molecule has 1 aliphatic rings. The molecular weight excluding hydrogens is 394 g/mol. The van der Waals surface area contributed by atoms with Gasteiger partial charge in [0.1, 0.15) is 10.1 Å². The van der Waals surface area contributed by atoms with Gasteiger partial charge in [0.2, 0.25) is 0 Å². The Morgan fingerprint density at radius 2 is 2.04 bits per heavy atom. The molecule has 0 spiro atoms. The second kappa shape index (κ2) is 9.03. The molecule has 0 atom stereocenters. The van der Waals surface area contributed by atoms with Gasteiger partial charge in [0.05, 0.1) is 12.0 Å². The van der Waals surface area contributed by atoms with Gasteiger partial charge in [0, 0.05) is 18.5 Å². The van der Waals surface area contributed by atoms with Gasteiger partial charge in [0.15, 0.2) is 0 Å². The van der Waals surface area contributed by atoms with Gasteiger partial charge in [-0.05, 0) is 35.8 Å². The summed E-state index contributed by atoms with van der Waals surface area (Å²) in [5.41, 5.74) is 2.85. The molecule has 0 aliphatic carbocycles. The van der Waals surface area contributed by atoms with Crippen molar-refractivity contribution in [1.29, 1.82) is 0 Å². The third kappa shape index (κ3) is 4.61. The van der Waals surface area contributed by atoms with Gasteiger partial charge in [0.25, 0.3) is 5.91 Å². The molecule has 0 radical (unpaired) electrons. The van der Waals surface area contributed by atoms with Crippen LogP contribution < -0.4 is 4.74 Å². The van der Waals surface area contributed by atoms with Crippen LogP contribution in [-0.2, 0) is 9.59 Å². The minimum atomic E-state index is -0.880. The minimum absolute atomic E-state index is 0.0110. The summed E-state index contributed by atoms with van der Waals surface area (Å²) in [7, 11) is 1.64. The predicted octanol–water partition coefficient (Wildman–Crippen LogP) is 4.43. The Bertz CT molecular complexity index is 955. The summed E-state index contributed by atoms with van der Waals surface area (Å²) < 4.78 is 5.89. The number of hydrogen-bond acceptors (Lipinski definition) is 5. The number of carbonyl (C=O) groups excluding carboxylic acids is 1. The zero-order valence-corrected chi connectivity index (χ0v) is 16.9. The maximum absolute atomic E-state index is 12.6. The number of benzene rings is 2. The Morgan fingerprint density at radius 1 is 1.25 bits per heavy atom. The average Bonchev–Trinajstić information content (AvgIpc) is 2.95. The van der Waals surface area contributed by atoms with Crippen LogP contribution in [0.3, 0.4) is 0 Å². The number of carboxylic acids is 1. The van der Waals surface area contributed by atoms with Crippen molar-refractivity contribution in [2.45, 2.75) is 12.8 Å². The fraction of sp³-hybridized carbons (Fsp3) is 0.190. The van der Waals surface area contributed by atoms with Crippen molar-refractivity contribution in [3.8, 4) is 16.9 Å². The Kier molecular flexibility index (Phi) is 6.49. The molecule has 1 aliphatic heterocycles. The average molecular weight is 414 g/mol. The van der Waals surface area contributed by atoms with E-state index < -0.39 is 5.97 Å². The maximum atomic E-state index is 12.6. The summed E-state index contributed by atoms with van der Waals surface area (Å²) >= 11 is 6.53. The van der Waals surface area contributed by atoms with Gasteiger partial charge in [-0.25, -0.2) is 0 Å². The van der Waals surface area contributed by atoms with Crippen LogP contribution >= 0.6 is 24.0 Å². The quantitative estimate of drug-likeness (QED) is 0.535. The molecule has 5 nitrogen and oxygen atoms in total. The van der Waals surface area contributed by atoms with E-state index in [2.05, 4.69) is 0 Å². The molecule has 1 saturated heterocycles. The lowest BCUT2D eigenvalue weighted by molar-refractivity contribution is -0.137. The largest absolute Gasteiger partial charge is 0.496 e. The Hall–Kier alpha value is -2.64. The number of hydrogen-bond donors (Lipinski definition) is 1. The highest BCUT2D eigenvalue weighted by Crippen LogP contribution is 2.34. The minimum Gasteiger partial charge on any atom is -0.496 e. The number of amides is 1. The van der Waals surface area contributed by atoms with Crippen molar-refractivity contribution < 1.29 is 19.4 Å². The summed E-state index contributed by atoms with van der Waals surface area (Å²) in [4.78, 5) is 25.3. The molecule has 144 valence electrons. The third-order valence-electron chi connectivity index (χ3n) is 4.25. The third-order valence-corrected chi connectivity index (χ3v) is 5.63. The Morgan fingerprint density at radius 3 is 2.79 bits per heavy atom. The van der Waals surface area contributed by atoms with Gasteiger partial charge in [-0.1, -0.05) is 60.4 Å². The number of para-hydroxylation sites is 1. The first kappa shape index (κ1) is 20.1. The van der Waals surface area contributed by atoms with Crippen LogP contribution in [0.15, 0.2) is 53.4 Å². The molecule has 0 aromatic heterocycles. The van der Waals surface area contributed by atoms with Crippen molar-refractivity contribution in [2.75, 3.05) is 13.7 Å². The van der Waals surface area contributed by atoms with E-state index in [0.29, 0.717) is 22.2 Å². The summed E-state index contributed by atoms with van der Waals surface area (Å²) in [5.74, 6) is -0.276. The lowest BCUT2D eigenvalue weighted by Crippen LogP contribution is -2.29. The number of rotatable bonds is 7. The van der Waals surface area contributed by atoms with Gasteiger partial charge in [-0.2, -0.15) is 0 Å². The predicted molar refractivity (Wildman–Crippen MR) is 115 cm³/mol. The first-order valence-corrected chi connectivity index (χ1v) is 9.92. The molecule has 2 aromatic carbocycles. The number of carboxylic acid groups (broad SMARTS) is 1. The number of ether oxygens (including phenoxy) is 1. The lowest BCUT2D eigenvalue weighted by atomic mass is 10.0. The highest BCUT2D eigenvalue weighted by Gasteiger charge is 2.31. The number of nitrogens with zero attached hydrogens (tertiary/aromatic N) is 1. The van der Waals surface area contributed by atoms with E-state index in [1.54, 1.807) is 7.11 Å². The molecule has 7 heteroatoms. The second-order valence-electron chi connectivity index (χ2n) is 6.16. The molecular formula is C21H19NO4S2. The zero-order valence-electron chi connectivity index (χ0n) is 15.3. The van der Waals surface area contributed by atoms with E-state index >= 15 is 0 Å². The molecule has 1 heterocycles. The van der Waals surface area contributed by atoms with Crippen LogP contribution in [-0.4, -0.2) is 39.9 Å². The second-order valence-corrected chi connectivity index (χ2v) is 7.83. The molecule has 1 amide bonds. The fourth-order valence-corrected chi connectivity index (χ4v) is 4.22. The van der Waals surface area contributed by atoms with Crippen LogP contribution in [0.4, 0.5) is 0 Å². The summed E-state index contributed by atoms with van der Waals surface area (Å²) in [6.45, 7) is 0.315. The van der Waals surface area contributed by atoms with E-state index in [-0.39, 0.29) is 12.3 Å². The van der Waals surface area contributed by atoms with E-state index in [1.807, 2.05) is 54.6 Å². The number of thioether (sulfide) groups is 1. The normalized spacial score (nSPS) is 15.3. The highest BCUT2D eigenvalue weighted by molar-refractivity contribution is 8.26. The van der Waals surface area contributed by atoms with E-state index in [9.17, 15) is 9.59 Å². The van der Waals surface area contributed by atoms with Crippen LogP contribution in [0.1, 0.15) is 18.4 Å². The van der Waals surface area contributed by atoms with Gasteiger partial charge in [-0.15, -0.1) is 0 Å². The van der Waals surface area contributed by atoms with Crippen molar-refractivity contribution in [2.24, 2.45) is 0 Å². The van der Waals surface area contributed by atoms with Crippen LogP contribution in [0.2, 0.25) is 0 Å². The topological polar surface area (TPSA) is 66.8 Å². The monoisotopic (exact) mass is 413 g/mol. The van der Waals surface area contributed by atoms with Gasteiger partial charge < -0.3 is 9.84 Å². The van der Waals surface area contributed by atoms with Crippen molar-refractivity contribution in [3.63, 3.8) is 0 Å². The molecule has 3 rings (SSSR count). The summed E-state index contributed by atoms with van der Waals surface area (Å²) in [5, 5.41) is 8.76. The van der Waals surface area contributed by atoms with Crippen LogP contribution in [0.5, 0.6) is 5.75 Å². The van der Waals surface area contributed by atoms with E-state index in [1.165, 1.54) is 16.7 Å². The molecule has 0 unspecified atom stereocenters. The van der Waals surface area contributed by atoms with Crippen molar-refractivity contribution in [1.82, 2.24) is 4.90 Å². The SMILES string of the molecule is COc1ccccc1-c1cccc(C=C2SC(=S)N(CCCC(=O)O)C2=O)c1. The van der Waals surface area contributed by atoms with E-state index in [4.69, 9.17) is 22.1 Å². The van der Waals surface area contributed by atoms with Crippen LogP contribution in [0, 0.1) is 0 Å². The summed E-state index contributed by atoms with van der Waals surface area (Å²) in [6, 6.07) is 15.6. The first-order chi connectivity index (χ1) is 13.5. The maximum Gasteiger partial charge on any atom is 0.303 e. The van der Waals surface area contributed by atoms with Gasteiger partial charge >= 0.3 is 5.97 Å². The fourth-order valence-electron chi connectivity index (χ4n) is 2.91. The molecule has 2 aromatic rings. The van der Waals surface area contributed by atoms with Crippen LogP contribution in [0.25, 0.3) is 17.2 Å². The zero-order chi connectivity index (χ0) is 20.1. The Labute approximate surface area is 173 Å². The van der Waals surface area contributed by atoms with Crippen molar-refractivity contribution >= 4 is 46.3 Å². The van der Waals surface area contributed by atoms with E-state index in [0.717, 1.165) is 22.4 Å². The standard InChI is InChI=1S/C21H19NO4S2/c1-26-17-9-3-2-8-16(17)15-7-4-6-14(12-15)13-18-20(25)22(21(27)28-18)11-5-10-19(23)24/h2-4,6-9,12-13H,5,10-11H2,1H3,(H,23,24). The molecule has 0 saturated carbocycles. The lowest BCUT2D eigenvalue weighted by Gasteiger charge is -2.13. The summed E-state index contributed by atoms with van der Waals surface area (Å²) in [6.07, 6.45) is 2.20. The molecule has 28 heavy (non-hydrogen) atoms. The molecule has 1 N–H and O–H groups in total. The molecule has 0 bridgehead atoms. The number of methoxy groups -OCH3 is 1. The Balaban J connectivity index is 1.81. The highest BCUT2D eigenvalue weighted by atomic mass is 32.2. The van der Waals surface area contributed by atoms with Crippen molar-refractivity contribution in [3.05, 3.63) is 59.0 Å². The van der Waals surface area contributed by atoms with Gasteiger partial charge in [-0.3, -0.25) is 14.5 Å². The molecule has 1 fully saturated rings. The number of thiocarbonyl (C=S) groups is 1. The number of aliphatic carboxylic acids is 1. The number of carbonyl (C=O) groups is 2. The first-order valence-electron chi connectivity index (χ1n) is 8.70.